The van der Waals surface area contributed by atoms with Crippen LogP contribution < -0.4 is 10.1 Å². The number of carboxylic acids is 1. The molecular formula is C10H11N5O5. The second-order valence-electron chi connectivity index (χ2n) is 3.77. The predicted octanol–water partition coefficient (Wildman–Crippen LogP) is -0.323. The molecule has 20 heavy (non-hydrogen) atoms. The third-order valence-electron chi connectivity index (χ3n) is 2.04. The van der Waals surface area contributed by atoms with Crippen molar-refractivity contribution in [2.75, 3.05) is 11.9 Å². The van der Waals surface area contributed by atoms with Gasteiger partial charge in [0.05, 0.1) is 0 Å². The summed E-state index contributed by atoms with van der Waals surface area (Å²) < 4.78 is 10.9. The molecule has 0 bridgehead atoms. The first-order valence-electron chi connectivity index (χ1n) is 5.50. The zero-order chi connectivity index (χ0) is 14.5. The van der Waals surface area contributed by atoms with E-state index in [1.807, 2.05) is 0 Å². The van der Waals surface area contributed by atoms with Gasteiger partial charge in [-0.15, -0.1) is 5.10 Å². The van der Waals surface area contributed by atoms with Crippen LogP contribution in [0.2, 0.25) is 0 Å². The Morgan fingerprint density at radius 1 is 1.55 bits per heavy atom. The second kappa shape index (κ2) is 5.82. The highest BCUT2D eigenvalue weighted by atomic mass is 16.5. The summed E-state index contributed by atoms with van der Waals surface area (Å²) in [6, 6.07) is 1.53. The summed E-state index contributed by atoms with van der Waals surface area (Å²) in [6.45, 7) is 1.07. The minimum atomic E-state index is -1.06. The van der Waals surface area contributed by atoms with Gasteiger partial charge in [-0.25, -0.2) is 9.67 Å². The van der Waals surface area contributed by atoms with E-state index < -0.39 is 11.9 Å². The number of aliphatic carboxylic acids is 1. The molecule has 0 atom stereocenters. The van der Waals surface area contributed by atoms with E-state index in [1.165, 1.54) is 12.4 Å². The lowest BCUT2D eigenvalue weighted by Crippen LogP contribution is -2.21. The first-order valence-corrected chi connectivity index (χ1v) is 5.50. The lowest BCUT2D eigenvalue weighted by molar-refractivity contribution is -0.137. The van der Waals surface area contributed by atoms with Crippen molar-refractivity contribution < 1.29 is 24.0 Å². The molecule has 0 unspecified atom stereocenters. The van der Waals surface area contributed by atoms with Gasteiger partial charge in [0.25, 0.3) is 11.8 Å². The fourth-order valence-electron chi connectivity index (χ4n) is 1.28. The molecule has 0 aliphatic heterocycles. The predicted molar refractivity (Wildman–Crippen MR) is 63.0 cm³/mol. The van der Waals surface area contributed by atoms with Crippen molar-refractivity contribution in [2.45, 2.75) is 13.5 Å². The Hall–Kier alpha value is -2.91. The maximum absolute atomic E-state index is 11.5. The van der Waals surface area contributed by atoms with Crippen LogP contribution in [0.15, 0.2) is 16.9 Å². The molecule has 0 aromatic carbocycles. The lowest BCUT2D eigenvalue weighted by atomic mass is 10.5. The molecular weight excluding hydrogens is 270 g/mol. The van der Waals surface area contributed by atoms with Crippen LogP contribution in [-0.4, -0.2) is 43.5 Å². The lowest BCUT2D eigenvalue weighted by Gasteiger charge is -2.01. The van der Waals surface area contributed by atoms with Crippen molar-refractivity contribution in [1.82, 2.24) is 19.9 Å². The minimum Gasteiger partial charge on any atom is -0.480 e. The fraction of sp³-hybridized carbons (Fsp3) is 0.300. The normalized spacial score (nSPS) is 10.2. The van der Waals surface area contributed by atoms with Crippen LogP contribution >= 0.6 is 0 Å². The van der Waals surface area contributed by atoms with E-state index in [9.17, 15) is 9.59 Å². The van der Waals surface area contributed by atoms with E-state index in [4.69, 9.17) is 14.4 Å². The van der Waals surface area contributed by atoms with Crippen LogP contribution in [0, 0.1) is 6.92 Å². The van der Waals surface area contributed by atoms with Gasteiger partial charge in [-0.3, -0.25) is 14.9 Å². The molecule has 0 radical (unpaired) electrons. The molecule has 0 saturated heterocycles. The van der Waals surface area contributed by atoms with Gasteiger partial charge in [0, 0.05) is 6.07 Å². The van der Waals surface area contributed by atoms with E-state index in [2.05, 4.69) is 20.6 Å². The van der Waals surface area contributed by atoms with Crippen molar-refractivity contribution in [3.8, 4) is 5.88 Å². The molecule has 2 heterocycles. The summed E-state index contributed by atoms with van der Waals surface area (Å²) in [6.07, 6.45) is 1.20. The number of amides is 1. The fourth-order valence-corrected chi connectivity index (χ4v) is 1.28. The number of ether oxygens (including phenoxy) is 1. The van der Waals surface area contributed by atoms with Gasteiger partial charge in [0.2, 0.25) is 5.95 Å². The van der Waals surface area contributed by atoms with Gasteiger partial charge in [0.15, 0.2) is 6.61 Å². The van der Waals surface area contributed by atoms with Gasteiger partial charge < -0.3 is 14.4 Å². The van der Waals surface area contributed by atoms with Crippen LogP contribution in [0.25, 0.3) is 0 Å². The van der Waals surface area contributed by atoms with Crippen LogP contribution in [-0.2, 0) is 16.1 Å². The molecule has 0 aliphatic carbocycles. The van der Waals surface area contributed by atoms with Crippen molar-refractivity contribution in [2.24, 2.45) is 0 Å². The summed E-state index contributed by atoms with van der Waals surface area (Å²) in [5.74, 6) is -0.802. The number of carbonyl (C=O) groups excluding carboxylic acids is 1. The Morgan fingerprint density at radius 2 is 2.35 bits per heavy atom. The third-order valence-corrected chi connectivity index (χ3v) is 2.04. The maximum Gasteiger partial charge on any atom is 0.325 e. The van der Waals surface area contributed by atoms with Crippen LogP contribution in [0.4, 0.5) is 5.95 Å². The molecule has 10 nitrogen and oxygen atoms in total. The van der Waals surface area contributed by atoms with Gasteiger partial charge in [0.1, 0.15) is 18.6 Å². The molecule has 0 aliphatic rings. The molecule has 2 aromatic rings. The topological polar surface area (TPSA) is 132 Å². The highest BCUT2D eigenvalue weighted by Crippen LogP contribution is 2.09. The van der Waals surface area contributed by atoms with Crippen LogP contribution in [0.3, 0.4) is 0 Å². The monoisotopic (exact) mass is 281 g/mol. The highest BCUT2D eigenvalue weighted by Gasteiger charge is 2.10. The van der Waals surface area contributed by atoms with Crippen molar-refractivity contribution in [3.63, 3.8) is 0 Å². The summed E-state index contributed by atoms with van der Waals surface area (Å²) in [4.78, 5) is 25.7. The number of hydrogen-bond acceptors (Lipinski definition) is 7. The number of rotatable bonds is 6. The number of aryl methyl sites for hydroxylation is 1. The van der Waals surface area contributed by atoms with Gasteiger partial charge in [-0.2, -0.15) is 0 Å². The number of nitrogens with one attached hydrogen (secondary N) is 1. The van der Waals surface area contributed by atoms with E-state index in [-0.39, 0.29) is 25.0 Å². The molecule has 2 rings (SSSR count). The zero-order valence-electron chi connectivity index (χ0n) is 10.4. The van der Waals surface area contributed by atoms with Crippen molar-refractivity contribution >= 4 is 17.8 Å². The average Bonchev–Trinajstić information content (AvgIpc) is 2.95. The van der Waals surface area contributed by atoms with Gasteiger partial charge >= 0.3 is 5.97 Å². The molecule has 10 heteroatoms. The van der Waals surface area contributed by atoms with E-state index in [0.717, 1.165) is 4.68 Å². The largest absolute Gasteiger partial charge is 0.480 e. The molecule has 0 spiro atoms. The van der Waals surface area contributed by atoms with E-state index in [1.54, 1.807) is 6.92 Å². The average molecular weight is 281 g/mol. The SMILES string of the molecule is Cc1cc(OCC(=O)Nc2ncn(CC(=O)O)n2)no1. The Morgan fingerprint density at radius 3 is 3.00 bits per heavy atom. The Kier molecular flexibility index (Phi) is 3.93. The number of carboxylic acid groups (broad SMARTS) is 1. The van der Waals surface area contributed by atoms with E-state index >= 15 is 0 Å². The van der Waals surface area contributed by atoms with Crippen molar-refractivity contribution in [3.05, 3.63) is 18.2 Å². The Bertz CT molecular complexity index is 619. The standard InChI is InChI=1S/C10H11N5O5/c1-6-2-8(14-20-6)19-4-7(16)12-10-11-5-15(13-10)3-9(17)18/h2,5H,3-4H2,1H3,(H,17,18)(H,12,13,16). The third kappa shape index (κ3) is 3.80. The highest BCUT2D eigenvalue weighted by molar-refractivity contribution is 5.90. The number of aromatic nitrogens is 4. The molecule has 0 saturated carbocycles. The van der Waals surface area contributed by atoms with Crippen LogP contribution in [0.1, 0.15) is 5.76 Å². The Labute approximate surface area is 112 Å². The molecule has 106 valence electrons. The second-order valence-corrected chi connectivity index (χ2v) is 3.77. The van der Waals surface area contributed by atoms with E-state index in [0.29, 0.717) is 5.76 Å². The summed E-state index contributed by atoms with van der Waals surface area (Å²) in [5, 5.41) is 18.2. The summed E-state index contributed by atoms with van der Waals surface area (Å²) in [5.41, 5.74) is 0. The van der Waals surface area contributed by atoms with Gasteiger partial charge in [-0.05, 0) is 12.1 Å². The minimum absolute atomic E-state index is 0.00353. The number of anilines is 1. The first-order chi connectivity index (χ1) is 9.52. The summed E-state index contributed by atoms with van der Waals surface area (Å²) in [7, 11) is 0. The molecule has 2 aromatic heterocycles. The molecule has 0 fully saturated rings. The first kappa shape index (κ1) is 13.5. The zero-order valence-corrected chi connectivity index (χ0v) is 10.4. The quantitative estimate of drug-likeness (QED) is 0.735. The van der Waals surface area contributed by atoms with Crippen molar-refractivity contribution in [1.29, 1.82) is 0 Å². The Balaban J connectivity index is 1.82. The number of carbonyl (C=O) groups is 2. The number of nitrogens with zero attached hydrogens (tertiary/aromatic N) is 4. The summed E-state index contributed by atoms with van der Waals surface area (Å²) >= 11 is 0. The van der Waals surface area contributed by atoms with Gasteiger partial charge in [-0.1, -0.05) is 0 Å². The van der Waals surface area contributed by atoms with Crippen LogP contribution in [0.5, 0.6) is 5.88 Å². The molecule has 1 amide bonds. The number of hydrogen-bond donors (Lipinski definition) is 2. The maximum atomic E-state index is 11.5. The smallest absolute Gasteiger partial charge is 0.325 e. The molecule has 2 N–H and O–H groups in total.